The van der Waals surface area contributed by atoms with E-state index in [-0.39, 0.29) is 6.10 Å². The molecular weight excluding hydrogens is 290 g/mol. The Morgan fingerprint density at radius 3 is 2.48 bits per heavy atom. The zero-order valence-electron chi connectivity index (χ0n) is 15.4. The molecule has 0 saturated carbocycles. The number of nitriles is 1. The first kappa shape index (κ1) is 20.4. The predicted molar refractivity (Wildman–Crippen MR) is 91.9 cm³/mol. The highest BCUT2D eigenvalue weighted by molar-refractivity contribution is 5.07. The zero-order valence-corrected chi connectivity index (χ0v) is 15.4. The quantitative estimate of drug-likeness (QED) is 0.591. The van der Waals surface area contributed by atoms with Crippen LogP contribution in [0.2, 0.25) is 0 Å². The number of ether oxygens (including phenoxy) is 2. The molecule has 4 nitrogen and oxygen atoms in total. The summed E-state index contributed by atoms with van der Waals surface area (Å²) in [5.74, 6) is -0.770. The molecule has 0 spiro atoms. The lowest BCUT2D eigenvalue weighted by molar-refractivity contribution is -0.324. The summed E-state index contributed by atoms with van der Waals surface area (Å²) in [6, 6.07) is 2.35. The number of rotatable bonds is 10. The van der Waals surface area contributed by atoms with Gasteiger partial charge in [0.1, 0.15) is 0 Å². The molecule has 4 heteroatoms. The lowest BCUT2D eigenvalue weighted by Crippen LogP contribution is -2.53. The molecule has 0 aromatic rings. The van der Waals surface area contributed by atoms with Crippen LogP contribution in [-0.2, 0) is 9.47 Å². The van der Waals surface area contributed by atoms with Gasteiger partial charge in [-0.05, 0) is 26.7 Å². The summed E-state index contributed by atoms with van der Waals surface area (Å²) in [6.45, 7) is 8.05. The second-order valence-corrected chi connectivity index (χ2v) is 7.40. The highest BCUT2D eigenvalue weighted by atomic mass is 16.7. The molecular formula is C19H35NO3. The Morgan fingerprint density at radius 2 is 1.87 bits per heavy atom. The molecule has 23 heavy (non-hydrogen) atoms. The molecule has 1 aliphatic rings. The number of hydrogen-bond donors (Lipinski definition) is 1. The summed E-state index contributed by atoms with van der Waals surface area (Å²) in [5, 5.41) is 20.0. The fourth-order valence-electron chi connectivity index (χ4n) is 3.47. The Balaban J connectivity index is 2.67. The molecule has 1 saturated heterocycles. The molecule has 1 aliphatic heterocycles. The second-order valence-electron chi connectivity index (χ2n) is 7.40. The Morgan fingerprint density at radius 1 is 1.17 bits per heavy atom. The van der Waals surface area contributed by atoms with Crippen LogP contribution in [0.3, 0.4) is 0 Å². The van der Waals surface area contributed by atoms with Gasteiger partial charge in [-0.15, -0.1) is 0 Å². The predicted octanol–water partition coefficient (Wildman–Crippen LogP) is 4.70. The first-order chi connectivity index (χ1) is 10.9. The normalized spacial score (nSPS) is 28.3. The van der Waals surface area contributed by atoms with Crippen molar-refractivity contribution in [3.8, 4) is 6.07 Å². The van der Waals surface area contributed by atoms with Gasteiger partial charge in [0.25, 0.3) is 0 Å². The third-order valence-electron chi connectivity index (χ3n) is 4.49. The van der Waals surface area contributed by atoms with Crippen molar-refractivity contribution < 1.29 is 14.6 Å². The summed E-state index contributed by atoms with van der Waals surface area (Å²) >= 11 is 0. The maximum Gasteiger partial charge on any atom is 0.165 e. The van der Waals surface area contributed by atoms with E-state index in [4.69, 9.17) is 9.47 Å². The molecule has 1 unspecified atom stereocenters. The SMILES string of the molecule is CCCCCC[C@H]1C[C@](C#N)(CC(O)CCCC)OC(C)(C)O1. The van der Waals surface area contributed by atoms with Gasteiger partial charge >= 0.3 is 0 Å². The van der Waals surface area contributed by atoms with E-state index in [0.717, 1.165) is 32.1 Å². The molecule has 0 amide bonds. The Bertz CT molecular complexity index is 377. The van der Waals surface area contributed by atoms with Crippen LogP contribution in [0.25, 0.3) is 0 Å². The van der Waals surface area contributed by atoms with E-state index in [0.29, 0.717) is 12.8 Å². The molecule has 0 radical (unpaired) electrons. The summed E-state index contributed by atoms with van der Waals surface area (Å²) < 4.78 is 12.0. The Hall–Kier alpha value is -0.630. The van der Waals surface area contributed by atoms with E-state index in [1.54, 1.807) is 0 Å². The molecule has 0 aromatic heterocycles. The number of aliphatic hydroxyl groups excluding tert-OH is 1. The molecule has 1 N–H and O–H groups in total. The van der Waals surface area contributed by atoms with E-state index in [9.17, 15) is 10.4 Å². The molecule has 3 atom stereocenters. The van der Waals surface area contributed by atoms with Gasteiger partial charge in [0, 0.05) is 12.8 Å². The summed E-state index contributed by atoms with van der Waals surface area (Å²) in [4.78, 5) is 0. The molecule has 134 valence electrons. The van der Waals surface area contributed by atoms with Gasteiger partial charge in [0.2, 0.25) is 0 Å². The van der Waals surface area contributed by atoms with Crippen molar-refractivity contribution in [3.05, 3.63) is 0 Å². The molecule has 0 bridgehead atoms. The Labute approximate surface area is 142 Å². The zero-order chi connectivity index (χ0) is 17.3. The van der Waals surface area contributed by atoms with E-state index < -0.39 is 17.5 Å². The van der Waals surface area contributed by atoms with E-state index in [1.165, 1.54) is 19.3 Å². The standard InChI is InChI=1S/C19H35NO3/c1-5-7-9-10-12-17-14-19(15-20,23-18(3,4)22-17)13-16(21)11-8-6-2/h16-17,21H,5-14H2,1-4H3/t16?,17-,19-/m0/s1. The number of unbranched alkanes of at least 4 members (excludes halogenated alkanes) is 4. The Kier molecular flexibility index (Phi) is 8.53. The molecule has 1 heterocycles. The number of aliphatic hydroxyl groups is 1. The largest absolute Gasteiger partial charge is 0.393 e. The minimum atomic E-state index is -0.926. The average molecular weight is 325 g/mol. The van der Waals surface area contributed by atoms with Crippen LogP contribution in [0, 0.1) is 11.3 Å². The van der Waals surface area contributed by atoms with Gasteiger partial charge in [-0.2, -0.15) is 5.26 Å². The van der Waals surface area contributed by atoms with Gasteiger partial charge in [0.15, 0.2) is 11.4 Å². The lowest BCUT2D eigenvalue weighted by Gasteiger charge is -2.45. The van der Waals surface area contributed by atoms with Gasteiger partial charge < -0.3 is 14.6 Å². The highest BCUT2D eigenvalue weighted by Crippen LogP contribution is 2.39. The van der Waals surface area contributed by atoms with Crippen molar-refractivity contribution >= 4 is 0 Å². The molecule has 1 fully saturated rings. The van der Waals surface area contributed by atoms with Gasteiger partial charge in [-0.3, -0.25) is 0 Å². The van der Waals surface area contributed by atoms with Gasteiger partial charge in [-0.1, -0.05) is 52.4 Å². The summed E-state index contributed by atoms with van der Waals surface area (Å²) in [6.07, 6.45) is 8.98. The first-order valence-electron chi connectivity index (χ1n) is 9.33. The van der Waals surface area contributed by atoms with E-state index in [2.05, 4.69) is 19.9 Å². The minimum absolute atomic E-state index is 0.0358. The summed E-state index contributed by atoms with van der Waals surface area (Å²) in [5.41, 5.74) is -0.926. The van der Waals surface area contributed by atoms with Crippen molar-refractivity contribution in [2.75, 3.05) is 0 Å². The number of hydrogen-bond acceptors (Lipinski definition) is 4. The molecule has 0 aromatic carbocycles. The van der Waals surface area contributed by atoms with E-state index in [1.807, 2.05) is 13.8 Å². The van der Waals surface area contributed by atoms with Crippen LogP contribution < -0.4 is 0 Å². The fourth-order valence-corrected chi connectivity index (χ4v) is 3.47. The van der Waals surface area contributed by atoms with E-state index >= 15 is 0 Å². The molecule has 0 aliphatic carbocycles. The maximum absolute atomic E-state index is 10.3. The smallest absolute Gasteiger partial charge is 0.165 e. The van der Waals surface area contributed by atoms with Gasteiger partial charge in [-0.25, -0.2) is 0 Å². The highest BCUT2D eigenvalue weighted by Gasteiger charge is 2.47. The van der Waals surface area contributed by atoms with Crippen LogP contribution in [0.4, 0.5) is 0 Å². The topological polar surface area (TPSA) is 62.5 Å². The third kappa shape index (κ3) is 7.20. The van der Waals surface area contributed by atoms with Crippen molar-refractivity contribution in [2.24, 2.45) is 0 Å². The number of nitrogens with zero attached hydrogens (tertiary/aromatic N) is 1. The lowest BCUT2D eigenvalue weighted by atomic mass is 9.86. The average Bonchev–Trinajstić information content (AvgIpc) is 2.48. The van der Waals surface area contributed by atoms with Crippen LogP contribution in [0.5, 0.6) is 0 Å². The second kappa shape index (κ2) is 9.61. The van der Waals surface area contributed by atoms with Crippen molar-refractivity contribution in [2.45, 2.75) is 115 Å². The minimum Gasteiger partial charge on any atom is -0.393 e. The molecule has 1 rings (SSSR count). The summed E-state index contributed by atoms with van der Waals surface area (Å²) in [7, 11) is 0. The van der Waals surface area contributed by atoms with Crippen LogP contribution in [0.15, 0.2) is 0 Å². The van der Waals surface area contributed by atoms with Crippen LogP contribution in [-0.4, -0.2) is 28.7 Å². The first-order valence-corrected chi connectivity index (χ1v) is 9.33. The van der Waals surface area contributed by atoms with Crippen molar-refractivity contribution in [1.29, 1.82) is 5.26 Å². The van der Waals surface area contributed by atoms with Crippen LogP contribution in [0.1, 0.15) is 91.9 Å². The third-order valence-corrected chi connectivity index (χ3v) is 4.49. The fraction of sp³-hybridized carbons (Fsp3) is 0.947. The monoisotopic (exact) mass is 325 g/mol. The van der Waals surface area contributed by atoms with Crippen molar-refractivity contribution in [1.82, 2.24) is 0 Å². The van der Waals surface area contributed by atoms with Crippen LogP contribution >= 0.6 is 0 Å². The maximum atomic E-state index is 10.3. The van der Waals surface area contributed by atoms with Crippen molar-refractivity contribution in [3.63, 3.8) is 0 Å². The van der Waals surface area contributed by atoms with Gasteiger partial charge in [0.05, 0.1) is 18.3 Å².